The lowest BCUT2D eigenvalue weighted by Gasteiger charge is -2.09. The van der Waals surface area contributed by atoms with Crippen LogP contribution in [-0.4, -0.2) is 12.9 Å². The second kappa shape index (κ2) is 6.10. The topological polar surface area (TPSA) is 26.3 Å². The minimum atomic E-state index is 0.0636. The molecule has 2 nitrogen and oxygen atoms in total. The zero-order valence-corrected chi connectivity index (χ0v) is 12.6. The Kier molecular flexibility index (Phi) is 4.46. The minimum absolute atomic E-state index is 0.0636. The number of aryl methyl sites for hydroxylation is 2. The van der Waals surface area contributed by atoms with Gasteiger partial charge in [0.2, 0.25) is 0 Å². The van der Waals surface area contributed by atoms with Crippen LogP contribution < -0.4 is 4.74 Å². The molecule has 0 aliphatic carbocycles. The van der Waals surface area contributed by atoms with Crippen LogP contribution in [0.4, 0.5) is 0 Å². The van der Waals surface area contributed by atoms with E-state index in [1.807, 2.05) is 38.1 Å². The summed E-state index contributed by atoms with van der Waals surface area (Å²) in [4.78, 5) is 12.4. The lowest BCUT2D eigenvalue weighted by molar-refractivity contribution is 0.0992. The highest BCUT2D eigenvalue weighted by Gasteiger charge is 2.12. The molecule has 0 bridgehead atoms. The van der Waals surface area contributed by atoms with Gasteiger partial charge in [-0.15, -0.1) is 0 Å². The summed E-state index contributed by atoms with van der Waals surface area (Å²) in [7, 11) is 1.62. The fourth-order valence-corrected chi connectivity index (χ4v) is 2.26. The Morgan fingerprint density at radius 1 is 1.15 bits per heavy atom. The van der Waals surface area contributed by atoms with Gasteiger partial charge in [0.1, 0.15) is 5.75 Å². The molecule has 2 aromatic rings. The van der Waals surface area contributed by atoms with Crippen LogP contribution >= 0.6 is 11.6 Å². The predicted molar refractivity (Wildman–Crippen MR) is 82.0 cm³/mol. The lowest BCUT2D eigenvalue weighted by atomic mass is 9.99. The molecule has 0 amide bonds. The van der Waals surface area contributed by atoms with Gasteiger partial charge in [-0.1, -0.05) is 29.3 Å². The number of carbonyl (C=O) groups is 1. The third-order valence-corrected chi connectivity index (χ3v) is 3.69. The molecule has 0 N–H and O–H groups in total. The van der Waals surface area contributed by atoms with E-state index in [1.54, 1.807) is 19.2 Å². The van der Waals surface area contributed by atoms with Gasteiger partial charge < -0.3 is 4.74 Å². The smallest absolute Gasteiger partial charge is 0.167 e. The van der Waals surface area contributed by atoms with E-state index in [-0.39, 0.29) is 5.78 Å². The highest BCUT2D eigenvalue weighted by molar-refractivity contribution is 6.31. The number of ketones is 1. The summed E-state index contributed by atoms with van der Waals surface area (Å²) in [5.41, 5.74) is 3.61. The van der Waals surface area contributed by atoms with Crippen molar-refractivity contribution in [2.75, 3.05) is 7.11 Å². The number of ether oxygens (including phenoxy) is 1. The third-order valence-electron chi connectivity index (χ3n) is 3.27. The van der Waals surface area contributed by atoms with Crippen LogP contribution in [0.1, 0.15) is 27.0 Å². The standard InChI is InChI=1S/C17H17ClO2/c1-11-4-7-17(20-3)14(8-11)10-16(19)13-5-6-15(18)12(2)9-13/h4-9H,10H2,1-3H3. The number of halogens is 1. The van der Waals surface area contributed by atoms with E-state index < -0.39 is 0 Å². The fraction of sp³-hybridized carbons (Fsp3) is 0.235. The van der Waals surface area contributed by atoms with Gasteiger partial charge in [0.25, 0.3) is 0 Å². The first-order valence-corrected chi connectivity index (χ1v) is 6.82. The van der Waals surface area contributed by atoms with Crippen molar-refractivity contribution in [3.05, 3.63) is 63.7 Å². The second-order valence-corrected chi connectivity index (χ2v) is 5.29. The molecule has 0 aromatic heterocycles. The highest BCUT2D eigenvalue weighted by atomic mass is 35.5. The zero-order chi connectivity index (χ0) is 14.7. The van der Waals surface area contributed by atoms with E-state index in [1.165, 1.54) is 0 Å². The van der Waals surface area contributed by atoms with Crippen molar-refractivity contribution < 1.29 is 9.53 Å². The van der Waals surface area contributed by atoms with Crippen molar-refractivity contribution in [1.82, 2.24) is 0 Å². The third kappa shape index (κ3) is 3.20. The van der Waals surface area contributed by atoms with Gasteiger partial charge >= 0.3 is 0 Å². The highest BCUT2D eigenvalue weighted by Crippen LogP contribution is 2.23. The number of hydrogen-bond acceptors (Lipinski definition) is 2. The molecule has 2 aromatic carbocycles. The van der Waals surface area contributed by atoms with E-state index in [0.717, 1.165) is 22.4 Å². The van der Waals surface area contributed by atoms with Crippen LogP contribution in [-0.2, 0) is 6.42 Å². The lowest BCUT2D eigenvalue weighted by Crippen LogP contribution is -2.05. The van der Waals surface area contributed by atoms with Crippen molar-refractivity contribution in [2.24, 2.45) is 0 Å². The fourth-order valence-electron chi connectivity index (χ4n) is 2.14. The first kappa shape index (κ1) is 14.6. The molecule has 20 heavy (non-hydrogen) atoms. The Balaban J connectivity index is 2.27. The molecule has 0 spiro atoms. The summed E-state index contributed by atoms with van der Waals surface area (Å²) in [6.45, 7) is 3.90. The Morgan fingerprint density at radius 2 is 1.90 bits per heavy atom. The summed E-state index contributed by atoms with van der Waals surface area (Å²) in [5.74, 6) is 0.809. The SMILES string of the molecule is COc1ccc(C)cc1CC(=O)c1ccc(Cl)c(C)c1. The van der Waals surface area contributed by atoms with Gasteiger partial charge in [0.05, 0.1) is 7.11 Å². The molecule has 0 heterocycles. The van der Waals surface area contributed by atoms with Gasteiger partial charge in [-0.2, -0.15) is 0 Å². The Bertz CT molecular complexity index is 647. The van der Waals surface area contributed by atoms with Crippen LogP contribution in [0.2, 0.25) is 5.02 Å². The van der Waals surface area contributed by atoms with Gasteiger partial charge in [-0.25, -0.2) is 0 Å². The summed E-state index contributed by atoms with van der Waals surface area (Å²) >= 11 is 5.98. The van der Waals surface area contributed by atoms with Crippen molar-refractivity contribution in [3.63, 3.8) is 0 Å². The zero-order valence-electron chi connectivity index (χ0n) is 11.9. The van der Waals surface area contributed by atoms with Crippen LogP contribution in [0.15, 0.2) is 36.4 Å². The van der Waals surface area contributed by atoms with Crippen molar-refractivity contribution in [1.29, 1.82) is 0 Å². The molecular formula is C17H17ClO2. The number of methoxy groups -OCH3 is 1. The van der Waals surface area contributed by atoms with E-state index >= 15 is 0 Å². The van der Waals surface area contributed by atoms with E-state index in [9.17, 15) is 4.79 Å². The van der Waals surface area contributed by atoms with E-state index in [0.29, 0.717) is 17.0 Å². The quantitative estimate of drug-likeness (QED) is 0.780. The average Bonchev–Trinajstić information content (AvgIpc) is 2.42. The van der Waals surface area contributed by atoms with Crippen LogP contribution in [0.3, 0.4) is 0 Å². The monoisotopic (exact) mass is 288 g/mol. The Hall–Kier alpha value is -1.80. The summed E-state index contributed by atoms with van der Waals surface area (Å²) < 4.78 is 5.31. The molecule has 0 radical (unpaired) electrons. The molecule has 104 valence electrons. The summed E-state index contributed by atoms with van der Waals surface area (Å²) in [6, 6.07) is 11.2. The molecule has 0 aliphatic heterocycles. The Labute approximate surface area is 124 Å². The minimum Gasteiger partial charge on any atom is -0.496 e. The molecule has 0 aliphatic rings. The maximum atomic E-state index is 12.4. The van der Waals surface area contributed by atoms with Gasteiger partial charge in [-0.05, 0) is 43.7 Å². The maximum Gasteiger partial charge on any atom is 0.167 e. The molecule has 3 heteroatoms. The first-order valence-electron chi connectivity index (χ1n) is 6.44. The number of carbonyl (C=O) groups excluding carboxylic acids is 1. The van der Waals surface area contributed by atoms with Gasteiger partial charge in [-0.3, -0.25) is 4.79 Å². The van der Waals surface area contributed by atoms with Crippen LogP contribution in [0.5, 0.6) is 5.75 Å². The van der Waals surface area contributed by atoms with E-state index in [4.69, 9.17) is 16.3 Å². The summed E-state index contributed by atoms with van der Waals surface area (Å²) in [5, 5.41) is 0.676. The molecule has 2 rings (SSSR count). The largest absolute Gasteiger partial charge is 0.496 e. The number of rotatable bonds is 4. The van der Waals surface area contributed by atoms with Crippen LogP contribution in [0, 0.1) is 13.8 Å². The maximum absolute atomic E-state index is 12.4. The van der Waals surface area contributed by atoms with Gasteiger partial charge in [0.15, 0.2) is 5.78 Å². The van der Waals surface area contributed by atoms with Gasteiger partial charge in [0, 0.05) is 22.6 Å². The van der Waals surface area contributed by atoms with Crippen molar-refractivity contribution in [2.45, 2.75) is 20.3 Å². The number of hydrogen-bond donors (Lipinski definition) is 0. The second-order valence-electron chi connectivity index (χ2n) is 4.88. The molecular weight excluding hydrogens is 272 g/mol. The van der Waals surface area contributed by atoms with Crippen LogP contribution in [0.25, 0.3) is 0 Å². The Morgan fingerprint density at radius 3 is 2.55 bits per heavy atom. The molecule has 0 saturated carbocycles. The van der Waals surface area contributed by atoms with E-state index in [2.05, 4.69) is 0 Å². The summed E-state index contributed by atoms with van der Waals surface area (Å²) in [6.07, 6.45) is 0.325. The number of benzene rings is 2. The molecule has 0 fully saturated rings. The number of Topliss-reactive ketones (excluding diaryl/α,β-unsaturated/α-hetero) is 1. The normalized spacial score (nSPS) is 10.4. The van der Waals surface area contributed by atoms with Crippen molar-refractivity contribution in [3.8, 4) is 5.75 Å². The first-order chi connectivity index (χ1) is 9.51. The molecule has 0 atom stereocenters. The predicted octanol–water partition coefficient (Wildman–Crippen LogP) is 4.39. The average molecular weight is 289 g/mol. The molecule has 0 saturated heterocycles. The molecule has 0 unspecified atom stereocenters. The van der Waals surface area contributed by atoms with Crippen molar-refractivity contribution >= 4 is 17.4 Å².